The van der Waals surface area contributed by atoms with E-state index in [1.54, 1.807) is 0 Å². The van der Waals surface area contributed by atoms with E-state index in [0.717, 1.165) is 12.1 Å². The van der Waals surface area contributed by atoms with Crippen molar-refractivity contribution < 1.29 is 19.9 Å². The van der Waals surface area contributed by atoms with Gasteiger partial charge in [0.15, 0.2) is 0 Å². The Morgan fingerprint density at radius 1 is 1.43 bits per heavy atom. The molecule has 0 aliphatic carbocycles. The number of non-ortho nitro benzene ring substituents is 1. The van der Waals surface area contributed by atoms with E-state index in [1.807, 2.05) is 0 Å². The Hall–Kier alpha value is -2.11. The number of carbonyl (C=O) groups is 1. The molecule has 74 valence electrons. The van der Waals surface area contributed by atoms with E-state index in [2.05, 4.69) is 0 Å². The van der Waals surface area contributed by atoms with Crippen molar-refractivity contribution in [1.82, 2.24) is 0 Å². The average Bonchev–Trinajstić information content (AvgIpc) is 2.01. The van der Waals surface area contributed by atoms with Crippen molar-refractivity contribution in [3.63, 3.8) is 0 Å². The monoisotopic (exact) mass is 197 g/mol. The molecular weight excluding hydrogens is 190 g/mol. The summed E-state index contributed by atoms with van der Waals surface area (Å²) in [7, 11) is 0. The second-order valence-corrected chi connectivity index (χ2v) is 2.69. The first-order valence-electron chi connectivity index (χ1n) is 3.68. The van der Waals surface area contributed by atoms with Gasteiger partial charge in [-0.3, -0.25) is 14.9 Å². The summed E-state index contributed by atoms with van der Waals surface area (Å²) in [5.74, 6) is -1.42. The number of rotatable bonds is 3. The van der Waals surface area contributed by atoms with Crippen LogP contribution in [0.2, 0.25) is 0 Å². The number of hydrogen-bond acceptors (Lipinski definition) is 4. The molecule has 0 bridgehead atoms. The molecule has 1 rings (SSSR count). The van der Waals surface area contributed by atoms with Gasteiger partial charge in [-0.25, -0.2) is 0 Å². The van der Waals surface area contributed by atoms with Crippen molar-refractivity contribution in [3.8, 4) is 5.75 Å². The minimum Gasteiger partial charge on any atom is -0.508 e. The van der Waals surface area contributed by atoms with E-state index in [-0.39, 0.29) is 23.4 Å². The molecule has 0 atom stereocenters. The fourth-order valence-electron chi connectivity index (χ4n) is 1.04. The molecule has 0 amide bonds. The van der Waals surface area contributed by atoms with E-state index < -0.39 is 10.9 Å². The molecule has 0 saturated heterocycles. The molecule has 14 heavy (non-hydrogen) atoms. The van der Waals surface area contributed by atoms with Gasteiger partial charge in [0.1, 0.15) is 5.75 Å². The Balaban J connectivity index is 3.07. The number of benzene rings is 1. The lowest BCUT2D eigenvalue weighted by molar-refractivity contribution is -0.385. The lowest BCUT2D eigenvalue weighted by atomic mass is 10.1. The van der Waals surface area contributed by atoms with E-state index in [0.29, 0.717) is 0 Å². The van der Waals surface area contributed by atoms with Crippen LogP contribution in [-0.4, -0.2) is 21.1 Å². The molecule has 6 heteroatoms. The van der Waals surface area contributed by atoms with E-state index in [4.69, 9.17) is 10.2 Å². The van der Waals surface area contributed by atoms with Crippen molar-refractivity contribution in [2.45, 2.75) is 6.42 Å². The molecule has 6 nitrogen and oxygen atoms in total. The molecule has 0 aromatic heterocycles. The molecule has 0 spiro atoms. The van der Waals surface area contributed by atoms with Crippen molar-refractivity contribution in [2.75, 3.05) is 0 Å². The number of aliphatic carboxylic acids is 1. The quantitative estimate of drug-likeness (QED) is 0.554. The third-order valence-electron chi connectivity index (χ3n) is 1.53. The minimum absolute atomic E-state index is 0.198. The van der Waals surface area contributed by atoms with Gasteiger partial charge in [0.25, 0.3) is 5.69 Å². The molecule has 0 fully saturated rings. The third-order valence-corrected chi connectivity index (χ3v) is 1.53. The molecule has 0 heterocycles. The number of nitro benzene ring substituents is 1. The number of nitro groups is 1. The zero-order valence-electron chi connectivity index (χ0n) is 7.01. The zero-order valence-corrected chi connectivity index (χ0v) is 7.01. The van der Waals surface area contributed by atoms with Gasteiger partial charge in [0, 0.05) is 6.07 Å². The third kappa shape index (κ3) is 2.44. The fraction of sp³-hybridized carbons (Fsp3) is 0.125. The van der Waals surface area contributed by atoms with Crippen LogP contribution in [0.15, 0.2) is 18.2 Å². The molecule has 0 aliphatic heterocycles. The SMILES string of the molecule is O=C(O)Cc1cc(O)cc([N+](=O)[O-])c1. The number of carboxylic acid groups (broad SMARTS) is 1. The van der Waals surface area contributed by atoms with Crippen LogP contribution in [0.4, 0.5) is 5.69 Å². The average molecular weight is 197 g/mol. The highest BCUT2D eigenvalue weighted by Gasteiger charge is 2.10. The largest absolute Gasteiger partial charge is 0.508 e. The summed E-state index contributed by atoms with van der Waals surface area (Å²) in [4.78, 5) is 20.0. The normalized spacial score (nSPS) is 9.71. The summed E-state index contributed by atoms with van der Waals surface area (Å²) in [5, 5.41) is 27.8. The van der Waals surface area contributed by atoms with Crippen molar-refractivity contribution in [1.29, 1.82) is 0 Å². The number of aromatic hydroxyl groups is 1. The summed E-state index contributed by atoms with van der Waals surface area (Å²) in [5.41, 5.74) is -0.120. The lowest BCUT2D eigenvalue weighted by Crippen LogP contribution is -2.00. The number of hydrogen-bond donors (Lipinski definition) is 2. The fourth-order valence-corrected chi connectivity index (χ4v) is 1.04. The predicted octanol–water partition coefficient (Wildman–Crippen LogP) is 0.927. The Morgan fingerprint density at radius 2 is 2.07 bits per heavy atom. The zero-order chi connectivity index (χ0) is 10.7. The van der Waals surface area contributed by atoms with Gasteiger partial charge < -0.3 is 10.2 Å². The summed E-state index contributed by atoms with van der Waals surface area (Å²) in [6.45, 7) is 0. The summed E-state index contributed by atoms with van der Waals surface area (Å²) < 4.78 is 0. The maximum atomic E-state index is 10.3. The molecule has 0 saturated carbocycles. The number of nitrogens with zero attached hydrogens (tertiary/aromatic N) is 1. The molecule has 0 unspecified atom stereocenters. The van der Waals surface area contributed by atoms with Crippen LogP contribution in [0.1, 0.15) is 5.56 Å². The van der Waals surface area contributed by atoms with E-state index in [9.17, 15) is 14.9 Å². The number of carboxylic acids is 1. The van der Waals surface area contributed by atoms with E-state index in [1.165, 1.54) is 6.07 Å². The van der Waals surface area contributed by atoms with Gasteiger partial charge in [-0.05, 0) is 11.6 Å². The van der Waals surface area contributed by atoms with Gasteiger partial charge in [-0.15, -0.1) is 0 Å². The minimum atomic E-state index is -1.11. The second kappa shape index (κ2) is 3.73. The molecule has 1 aromatic rings. The van der Waals surface area contributed by atoms with Gasteiger partial charge in [0.2, 0.25) is 0 Å². The summed E-state index contributed by atoms with van der Waals surface area (Å²) in [6.07, 6.45) is -0.352. The maximum absolute atomic E-state index is 10.3. The number of phenols is 1. The van der Waals surface area contributed by atoms with Crippen molar-refractivity contribution >= 4 is 11.7 Å². The van der Waals surface area contributed by atoms with E-state index >= 15 is 0 Å². The first kappa shape index (κ1) is 9.97. The van der Waals surface area contributed by atoms with Crippen LogP contribution < -0.4 is 0 Å². The maximum Gasteiger partial charge on any atom is 0.307 e. The highest BCUT2D eigenvalue weighted by atomic mass is 16.6. The molecule has 1 aromatic carbocycles. The Labute approximate surface area is 78.6 Å². The highest BCUT2D eigenvalue weighted by molar-refractivity contribution is 5.70. The first-order chi connectivity index (χ1) is 6.49. The Kier molecular flexibility index (Phi) is 2.66. The Bertz CT molecular complexity index is 387. The van der Waals surface area contributed by atoms with Crippen LogP contribution >= 0.6 is 0 Å². The molecule has 0 radical (unpaired) electrons. The lowest BCUT2D eigenvalue weighted by Gasteiger charge is -1.98. The summed E-state index contributed by atoms with van der Waals surface area (Å²) in [6, 6.07) is 3.26. The summed E-state index contributed by atoms with van der Waals surface area (Å²) >= 11 is 0. The van der Waals surface area contributed by atoms with Crippen LogP contribution in [0.5, 0.6) is 5.75 Å². The second-order valence-electron chi connectivity index (χ2n) is 2.69. The Morgan fingerprint density at radius 3 is 2.57 bits per heavy atom. The molecular formula is C8H7NO5. The number of phenolic OH excluding ortho intramolecular Hbond substituents is 1. The van der Waals surface area contributed by atoms with Crippen molar-refractivity contribution in [2.24, 2.45) is 0 Å². The first-order valence-corrected chi connectivity index (χ1v) is 3.68. The van der Waals surface area contributed by atoms with Crippen LogP contribution in [0.3, 0.4) is 0 Å². The topological polar surface area (TPSA) is 101 Å². The molecule has 2 N–H and O–H groups in total. The standard InChI is InChI=1S/C8H7NO5/c10-7-2-5(3-8(11)12)1-6(4-7)9(13)14/h1-2,4,10H,3H2,(H,11,12). The smallest absolute Gasteiger partial charge is 0.307 e. The van der Waals surface area contributed by atoms with Gasteiger partial charge in [-0.2, -0.15) is 0 Å². The molecule has 0 aliphatic rings. The predicted molar refractivity (Wildman–Crippen MR) is 46.1 cm³/mol. The van der Waals surface area contributed by atoms with Gasteiger partial charge >= 0.3 is 5.97 Å². The highest BCUT2D eigenvalue weighted by Crippen LogP contribution is 2.21. The van der Waals surface area contributed by atoms with Crippen molar-refractivity contribution in [3.05, 3.63) is 33.9 Å². The van der Waals surface area contributed by atoms with Crippen LogP contribution in [-0.2, 0) is 11.2 Å². The van der Waals surface area contributed by atoms with Gasteiger partial charge in [0.05, 0.1) is 17.4 Å². The van der Waals surface area contributed by atoms with Gasteiger partial charge in [-0.1, -0.05) is 0 Å². The van der Waals surface area contributed by atoms with Crippen LogP contribution in [0.25, 0.3) is 0 Å². The van der Waals surface area contributed by atoms with Crippen LogP contribution in [0, 0.1) is 10.1 Å².